The molecule has 1 amide bonds. The lowest BCUT2D eigenvalue weighted by Gasteiger charge is -2.18. The van der Waals surface area contributed by atoms with E-state index >= 15 is 0 Å². The Labute approximate surface area is 169 Å². The molecule has 5 heteroatoms. The van der Waals surface area contributed by atoms with Crippen LogP contribution >= 0.6 is 11.6 Å². The molecule has 0 saturated heterocycles. The van der Waals surface area contributed by atoms with Gasteiger partial charge >= 0.3 is 5.63 Å². The largest absolute Gasteiger partial charge is 0.422 e. The van der Waals surface area contributed by atoms with Crippen LogP contribution in [0.25, 0.3) is 11.0 Å². The van der Waals surface area contributed by atoms with Crippen molar-refractivity contribution in [2.24, 2.45) is 0 Å². The number of carbonyl (C=O) groups excluding carboxylic acids is 1. The van der Waals surface area contributed by atoms with E-state index in [0.717, 1.165) is 12.0 Å². The average molecular weight is 398 g/mol. The maximum Gasteiger partial charge on any atom is 0.349 e. The molecule has 1 N–H and O–H groups in total. The molecule has 0 aliphatic heterocycles. The zero-order valence-electron chi connectivity index (χ0n) is 16.3. The van der Waals surface area contributed by atoms with Crippen LogP contribution < -0.4 is 10.9 Å². The average Bonchev–Trinajstić information content (AvgIpc) is 2.71. The summed E-state index contributed by atoms with van der Waals surface area (Å²) < 4.78 is 5.27. The number of fused-ring (bicyclic) bond motifs is 1. The predicted molar refractivity (Wildman–Crippen MR) is 113 cm³/mol. The van der Waals surface area contributed by atoms with Crippen LogP contribution in [-0.4, -0.2) is 5.91 Å². The van der Waals surface area contributed by atoms with E-state index < -0.39 is 11.5 Å². The molecule has 0 bridgehead atoms. The van der Waals surface area contributed by atoms with E-state index in [1.54, 1.807) is 18.2 Å². The fourth-order valence-electron chi connectivity index (χ4n) is 3.20. The van der Waals surface area contributed by atoms with Gasteiger partial charge in [0, 0.05) is 10.4 Å². The summed E-state index contributed by atoms with van der Waals surface area (Å²) in [6.07, 6.45) is 1.79. The molecule has 146 valence electrons. The predicted octanol–water partition coefficient (Wildman–Crippen LogP) is 5.84. The fourth-order valence-corrected chi connectivity index (χ4v) is 3.38. The minimum absolute atomic E-state index is 0.0237. The van der Waals surface area contributed by atoms with E-state index in [1.807, 2.05) is 19.1 Å². The number of amides is 1. The number of benzene rings is 2. The highest BCUT2D eigenvalue weighted by atomic mass is 35.5. The quantitative estimate of drug-likeness (QED) is 0.531. The Balaban J connectivity index is 1.85. The topological polar surface area (TPSA) is 59.3 Å². The Morgan fingerprint density at radius 1 is 1.04 bits per heavy atom. The van der Waals surface area contributed by atoms with Crippen molar-refractivity contribution in [3.63, 3.8) is 0 Å². The van der Waals surface area contributed by atoms with E-state index in [2.05, 4.69) is 31.3 Å². The van der Waals surface area contributed by atoms with Crippen LogP contribution in [0, 0.1) is 0 Å². The molecule has 0 unspecified atom stereocenters. The summed E-state index contributed by atoms with van der Waals surface area (Å²) >= 11 is 6.00. The third-order valence-electron chi connectivity index (χ3n) is 5.17. The minimum Gasteiger partial charge on any atom is -0.422 e. The zero-order chi connectivity index (χ0) is 20.3. The van der Waals surface area contributed by atoms with Gasteiger partial charge in [0.25, 0.3) is 5.91 Å². The molecule has 0 aliphatic rings. The van der Waals surface area contributed by atoms with Crippen molar-refractivity contribution in [1.29, 1.82) is 0 Å². The molecule has 3 aromatic rings. The highest BCUT2D eigenvalue weighted by Crippen LogP contribution is 2.23. The monoisotopic (exact) mass is 397 g/mol. The van der Waals surface area contributed by atoms with Gasteiger partial charge in [0.15, 0.2) is 0 Å². The van der Waals surface area contributed by atoms with Gasteiger partial charge in [0.1, 0.15) is 11.1 Å². The highest BCUT2D eigenvalue weighted by molar-refractivity contribution is 6.31. The summed E-state index contributed by atoms with van der Waals surface area (Å²) in [7, 11) is 0. The Hall–Kier alpha value is -2.59. The number of hydrogen-bond donors (Lipinski definition) is 1. The van der Waals surface area contributed by atoms with Crippen LogP contribution in [0.4, 0.5) is 0 Å². The first-order valence-electron chi connectivity index (χ1n) is 9.57. The standard InChI is InChI=1S/C23H24ClNO3/c1-4-14(3)15-6-8-16(9-7-15)20(5-2)25-22(26)19-13-17-12-18(24)10-11-21(17)28-23(19)27/h6-14,20H,4-5H2,1-3H3,(H,25,26)/t14-,20-/m0/s1. The summed E-state index contributed by atoms with van der Waals surface area (Å²) in [5.41, 5.74) is 2.01. The molecule has 1 heterocycles. The van der Waals surface area contributed by atoms with Crippen molar-refractivity contribution >= 4 is 28.5 Å². The van der Waals surface area contributed by atoms with E-state index in [-0.39, 0.29) is 11.6 Å². The van der Waals surface area contributed by atoms with Gasteiger partial charge < -0.3 is 9.73 Å². The maximum absolute atomic E-state index is 12.8. The normalized spacial score (nSPS) is 13.3. The lowest BCUT2D eigenvalue weighted by Crippen LogP contribution is -2.31. The van der Waals surface area contributed by atoms with Crippen molar-refractivity contribution in [3.05, 3.63) is 80.7 Å². The molecule has 0 fully saturated rings. The summed E-state index contributed by atoms with van der Waals surface area (Å²) in [6.45, 7) is 6.35. The first kappa shape index (κ1) is 20.2. The van der Waals surface area contributed by atoms with Crippen LogP contribution in [0.15, 0.2) is 57.7 Å². The van der Waals surface area contributed by atoms with Crippen molar-refractivity contribution in [3.8, 4) is 0 Å². The molecule has 0 radical (unpaired) electrons. The Morgan fingerprint density at radius 2 is 1.71 bits per heavy atom. The Bertz CT molecular complexity index is 1040. The highest BCUT2D eigenvalue weighted by Gasteiger charge is 2.18. The molecule has 28 heavy (non-hydrogen) atoms. The van der Waals surface area contributed by atoms with Gasteiger partial charge in [0.05, 0.1) is 6.04 Å². The summed E-state index contributed by atoms with van der Waals surface area (Å²) in [4.78, 5) is 25.0. The fraction of sp³-hybridized carbons (Fsp3) is 0.304. The molecule has 1 aromatic heterocycles. The lowest BCUT2D eigenvalue weighted by atomic mass is 9.95. The minimum atomic E-state index is -0.658. The summed E-state index contributed by atoms with van der Waals surface area (Å²) in [6, 6.07) is 14.6. The first-order valence-corrected chi connectivity index (χ1v) is 9.94. The molecular formula is C23H24ClNO3. The third-order valence-corrected chi connectivity index (χ3v) is 5.41. The molecular weight excluding hydrogens is 374 g/mol. The van der Waals surface area contributed by atoms with Crippen LogP contribution in [0.2, 0.25) is 5.02 Å². The van der Waals surface area contributed by atoms with Crippen LogP contribution in [0.1, 0.15) is 67.1 Å². The first-order chi connectivity index (χ1) is 13.4. The number of nitrogens with one attached hydrogen (secondary N) is 1. The van der Waals surface area contributed by atoms with E-state index in [1.165, 1.54) is 11.6 Å². The number of halogens is 1. The lowest BCUT2D eigenvalue weighted by molar-refractivity contribution is 0.0932. The Kier molecular flexibility index (Phi) is 6.20. The van der Waals surface area contributed by atoms with Gasteiger partial charge in [-0.05, 0) is 54.2 Å². The second kappa shape index (κ2) is 8.61. The van der Waals surface area contributed by atoms with Gasteiger partial charge in [-0.3, -0.25) is 4.79 Å². The second-order valence-electron chi connectivity index (χ2n) is 7.04. The number of hydrogen-bond acceptors (Lipinski definition) is 3. The third kappa shape index (κ3) is 4.28. The molecule has 0 saturated carbocycles. The van der Waals surface area contributed by atoms with Gasteiger partial charge in [0.2, 0.25) is 0 Å². The smallest absolute Gasteiger partial charge is 0.349 e. The van der Waals surface area contributed by atoms with Crippen molar-refractivity contribution < 1.29 is 9.21 Å². The van der Waals surface area contributed by atoms with Crippen molar-refractivity contribution in [2.45, 2.75) is 45.6 Å². The van der Waals surface area contributed by atoms with Crippen LogP contribution in [0.3, 0.4) is 0 Å². The SMILES string of the molecule is CC[C@H](NC(=O)c1cc2cc(Cl)ccc2oc1=O)c1ccc([C@@H](C)CC)cc1. The van der Waals surface area contributed by atoms with E-state index in [4.69, 9.17) is 16.0 Å². The molecule has 2 atom stereocenters. The molecule has 4 nitrogen and oxygen atoms in total. The Morgan fingerprint density at radius 3 is 2.36 bits per heavy atom. The number of rotatable bonds is 6. The van der Waals surface area contributed by atoms with Gasteiger partial charge in [-0.1, -0.05) is 56.6 Å². The van der Waals surface area contributed by atoms with Gasteiger partial charge in [-0.2, -0.15) is 0 Å². The second-order valence-corrected chi connectivity index (χ2v) is 7.48. The molecule has 0 spiro atoms. The molecule has 3 rings (SSSR count). The summed E-state index contributed by atoms with van der Waals surface area (Å²) in [5, 5.41) is 4.08. The summed E-state index contributed by atoms with van der Waals surface area (Å²) in [5.74, 6) is 0.0475. The van der Waals surface area contributed by atoms with Gasteiger partial charge in [-0.15, -0.1) is 0 Å². The zero-order valence-corrected chi connectivity index (χ0v) is 17.0. The molecule has 2 aromatic carbocycles. The van der Waals surface area contributed by atoms with E-state index in [9.17, 15) is 9.59 Å². The van der Waals surface area contributed by atoms with E-state index in [0.29, 0.717) is 28.3 Å². The number of carbonyl (C=O) groups is 1. The van der Waals surface area contributed by atoms with Gasteiger partial charge in [-0.25, -0.2) is 4.79 Å². The van der Waals surface area contributed by atoms with Crippen molar-refractivity contribution in [2.75, 3.05) is 0 Å². The van der Waals surface area contributed by atoms with Crippen LogP contribution in [0.5, 0.6) is 0 Å². The van der Waals surface area contributed by atoms with Crippen molar-refractivity contribution in [1.82, 2.24) is 5.32 Å². The van der Waals surface area contributed by atoms with Crippen LogP contribution in [-0.2, 0) is 0 Å². The maximum atomic E-state index is 12.8. The molecule has 0 aliphatic carbocycles.